The maximum atomic E-state index is 12.8. The van der Waals surface area contributed by atoms with Crippen LogP contribution in [0.5, 0.6) is 0 Å². The number of aliphatic hydroxyl groups is 1. The molecule has 0 radical (unpaired) electrons. The van der Waals surface area contributed by atoms with Crippen LogP contribution in [0, 0.1) is 17.8 Å². The molecule has 0 aromatic heterocycles. The number of ether oxygens (including phenoxy) is 2. The first-order valence-electron chi connectivity index (χ1n) is 8.84. The number of ketones is 1. The summed E-state index contributed by atoms with van der Waals surface area (Å²) in [5, 5.41) is 13.2. The number of Topliss-reactive ketones (excluding diaryl/α,β-unsaturated/α-hetero) is 1. The number of carbonyl (C=O) groups excluding carboxylic acids is 3. The maximum absolute atomic E-state index is 12.8. The van der Waals surface area contributed by atoms with Gasteiger partial charge in [0.05, 0.1) is 25.0 Å². The molecule has 0 spiro atoms. The molecule has 1 aliphatic rings. The van der Waals surface area contributed by atoms with E-state index in [1.54, 1.807) is 20.8 Å². The second kappa shape index (κ2) is 8.65. The van der Waals surface area contributed by atoms with Gasteiger partial charge in [-0.2, -0.15) is 0 Å². The van der Waals surface area contributed by atoms with Crippen LogP contribution in [0.25, 0.3) is 0 Å². The number of nitrogens with one attached hydrogen (secondary N) is 1. The molecule has 0 saturated heterocycles. The third kappa shape index (κ3) is 5.42. The third-order valence-corrected chi connectivity index (χ3v) is 4.64. The van der Waals surface area contributed by atoms with Crippen molar-refractivity contribution >= 4 is 17.8 Å². The summed E-state index contributed by atoms with van der Waals surface area (Å²) >= 11 is 0. The van der Waals surface area contributed by atoms with Crippen molar-refractivity contribution in [3.63, 3.8) is 0 Å². The van der Waals surface area contributed by atoms with E-state index < -0.39 is 41.6 Å². The van der Waals surface area contributed by atoms with E-state index >= 15 is 0 Å². The third-order valence-electron chi connectivity index (χ3n) is 4.64. The molecule has 1 fully saturated rings. The zero-order valence-electron chi connectivity index (χ0n) is 16.0. The fraction of sp³-hybridized carbons (Fsp3) is 0.833. The summed E-state index contributed by atoms with van der Waals surface area (Å²) in [6, 6.07) is -0.665. The quantitative estimate of drug-likeness (QED) is 0.706. The van der Waals surface area contributed by atoms with Crippen molar-refractivity contribution in [3.05, 3.63) is 0 Å². The van der Waals surface area contributed by atoms with Gasteiger partial charge in [0.15, 0.2) is 0 Å². The monoisotopic (exact) mass is 357 g/mol. The van der Waals surface area contributed by atoms with Crippen LogP contribution in [0.2, 0.25) is 0 Å². The van der Waals surface area contributed by atoms with Gasteiger partial charge in [-0.25, -0.2) is 4.79 Å². The topological polar surface area (TPSA) is 102 Å². The summed E-state index contributed by atoms with van der Waals surface area (Å²) in [7, 11) is 1.24. The van der Waals surface area contributed by atoms with Crippen LogP contribution in [0.4, 0.5) is 4.79 Å². The number of aliphatic hydroxyl groups excluding tert-OH is 1. The minimum absolute atomic E-state index is 0.134. The molecule has 0 aromatic carbocycles. The fourth-order valence-corrected chi connectivity index (χ4v) is 3.37. The zero-order chi connectivity index (χ0) is 19.4. The van der Waals surface area contributed by atoms with E-state index in [4.69, 9.17) is 9.47 Å². The molecule has 1 unspecified atom stereocenters. The molecule has 1 rings (SSSR count). The number of carbonyl (C=O) groups is 3. The van der Waals surface area contributed by atoms with E-state index in [-0.39, 0.29) is 18.1 Å². The molecule has 0 aromatic rings. The SMILES string of the molecule is CCC(CC)C(=O)C1[C@H](NC(=O)OC(C)(C)C)C[C@H](C(=O)OC)[C@H]1O. The predicted octanol–water partition coefficient (Wildman–Crippen LogP) is 2.06. The highest BCUT2D eigenvalue weighted by Gasteiger charge is 2.51. The van der Waals surface area contributed by atoms with Crippen molar-refractivity contribution in [2.24, 2.45) is 17.8 Å². The first-order valence-corrected chi connectivity index (χ1v) is 8.84. The average Bonchev–Trinajstić information content (AvgIpc) is 2.81. The van der Waals surface area contributed by atoms with Crippen molar-refractivity contribution in [3.8, 4) is 0 Å². The molecule has 0 bridgehead atoms. The second-order valence-electron chi connectivity index (χ2n) is 7.55. The number of amides is 1. The Labute approximate surface area is 149 Å². The fourth-order valence-electron chi connectivity index (χ4n) is 3.37. The van der Waals surface area contributed by atoms with E-state index in [0.29, 0.717) is 12.8 Å². The van der Waals surface area contributed by atoms with Gasteiger partial charge in [0.25, 0.3) is 0 Å². The van der Waals surface area contributed by atoms with Crippen LogP contribution < -0.4 is 5.32 Å². The number of esters is 1. The molecule has 1 saturated carbocycles. The van der Waals surface area contributed by atoms with Crippen LogP contribution in [0.15, 0.2) is 0 Å². The smallest absolute Gasteiger partial charge is 0.407 e. The van der Waals surface area contributed by atoms with E-state index in [0.717, 1.165) is 0 Å². The Hall–Kier alpha value is -1.63. The van der Waals surface area contributed by atoms with Crippen LogP contribution in [-0.4, -0.2) is 47.8 Å². The summed E-state index contributed by atoms with van der Waals surface area (Å²) in [4.78, 5) is 36.9. The Bertz CT molecular complexity index is 494. The lowest BCUT2D eigenvalue weighted by Crippen LogP contribution is -2.46. The number of alkyl carbamates (subject to hydrolysis) is 1. The molecule has 0 aliphatic heterocycles. The molecule has 25 heavy (non-hydrogen) atoms. The Morgan fingerprint density at radius 3 is 2.20 bits per heavy atom. The van der Waals surface area contributed by atoms with Crippen molar-refractivity contribution in [2.75, 3.05) is 7.11 Å². The number of rotatable bonds is 6. The number of hydrogen-bond donors (Lipinski definition) is 2. The number of hydrogen-bond acceptors (Lipinski definition) is 6. The van der Waals surface area contributed by atoms with Crippen LogP contribution >= 0.6 is 0 Å². The lowest BCUT2D eigenvalue weighted by molar-refractivity contribution is -0.149. The summed E-state index contributed by atoms with van der Waals surface area (Å²) in [6.45, 7) is 9.02. The first kappa shape index (κ1) is 21.4. The summed E-state index contributed by atoms with van der Waals surface area (Å²) < 4.78 is 9.96. The Morgan fingerprint density at radius 2 is 1.76 bits per heavy atom. The summed E-state index contributed by atoms with van der Waals surface area (Å²) in [5.41, 5.74) is -0.683. The predicted molar refractivity (Wildman–Crippen MR) is 91.9 cm³/mol. The molecule has 144 valence electrons. The molecule has 7 nitrogen and oxygen atoms in total. The Kier molecular flexibility index (Phi) is 7.41. The van der Waals surface area contributed by atoms with Gasteiger partial charge in [0.1, 0.15) is 11.4 Å². The highest BCUT2D eigenvalue weighted by Crippen LogP contribution is 2.36. The molecule has 7 heteroatoms. The molecule has 4 atom stereocenters. The lowest BCUT2D eigenvalue weighted by Gasteiger charge is -2.27. The van der Waals surface area contributed by atoms with Gasteiger partial charge in [-0.1, -0.05) is 13.8 Å². The van der Waals surface area contributed by atoms with E-state index in [1.807, 2.05) is 13.8 Å². The molecule has 1 aliphatic carbocycles. The van der Waals surface area contributed by atoms with Crippen LogP contribution in [-0.2, 0) is 19.1 Å². The molecular formula is C18H31NO6. The van der Waals surface area contributed by atoms with Crippen LogP contribution in [0.3, 0.4) is 0 Å². The van der Waals surface area contributed by atoms with Gasteiger partial charge in [0, 0.05) is 12.0 Å². The standard InChI is InChI=1S/C18H31NO6/c1-7-10(8-2)14(20)13-12(19-17(23)25-18(3,4)5)9-11(15(13)21)16(22)24-6/h10-13,15,21H,7-9H2,1-6H3,(H,19,23)/t11-,12+,13?,15+/m0/s1. The van der Waals surface area contributed by atoms with Gasteiger partial charge >= 0.3 is 12.1 Å². The van der Waals surface area contributed by atoms with Crippen LogP contribution in [0.1, 0.15) is 53.9 Å². The largest absolute Gasteiger partial charge is 0.469 e. The van der Waals surface area contributed by atoms with E-state index in [2.05, 4.69) is 5.32 Å². The van der Waals surface area contributed by atoms with Gasteiger partial charge in [-0.3, -0.25) is 9.59 Å². The molecule has 1 amide bonds. The highest BCUT2D eigenvalue weighted by atomic mass is 16.6. The average molecular weight is 357 g/mol. The number of methoxy groups -OCH3 is 1. The van der Waals surface area contributed by atoms with E-state index in [9.17, 15) is 19.5 Å². The molecule has 2 N–H and O–H groups in total. The van der Waals surface area contributed by atoms with Gasteiger partial charge < -0.3 is 19.9 Å². The zero-order valence-corrected chi connectivity index (χ0v) is 16.0. The molecule has 0 heterocycles. The van der Waals surface area contributed by atoms with Gasteiger partial charge in [-0.05, 0) is 40.0 Å². The Morgan fingerprint density at radius 1 is 1.20 bits per heavy atom. The summed E-state index contributed by atoms with van der Waals surface area (Å²) in [5.74, 6) is -2.62. The summed E-state index contributed by atoms with van der Waals surface area (Å²) in [6.07, 6.45) is -0.428. The van der Waals surface area contributed by atoms with E-state index in [1.165, 1.54) is 7.11 Å². The van der Waals surface area contributed by atoms with Gasteiger partial charge in [0.2, 0.25) is 0 Å². The van der Waals surface area contributed by atoms with Crippen molar-refractivity contribution in [1.82, 2.24) is 5.32 Å². The van der Waals surface area contributed by atoms with Gasteiger partial charge in [-0.15, -0.1) is 0 Å². The normalized spacial score (nSPS) is 26.4. The van der Waals surface area contributed by atoms with Crippen molar-refractivity contribution < 1.29 is 29.0 Å². The first-order chi connectivity index (χ1) is 11.6. The Balaban J connectivity index is 3.02. The second-order valence-corrected chi connectivity index (χ2v) is 7.55. The minimum Gasteiger partial charge on any atom is -0.469 e. The minimum atomic E-state index is -1.18. The molecular weight excluding hydrogens is 326 g/mol. The highest BCUT2D eigenvalue weighted by molar-refractivity contribution is 5.87. The maximum Gasteiger partial charge on any atom is 0.407 e. The van der Waals surface area contributed by atoms with Crippen molar-refractivity contribution in [1.29, 1.82) is 0 Å². The van der Waals surface area contributed by atoms with Crippen molar-refractivity contribution in [2.45, 2.75) is 71.6 Å². The lowest BCUT2D eigenvalue weighted by atomic mass is 9.84.